The number of carbonyl (C=O) groups is 1. The third-order valence-electron chi connectivity index (χ3n) is 3.81. The van der Waals surface area contributed by atoms with Gasteiger partial charge in [-0.2, -0.15) is 0 Å². The van der Waals surface area contributed by atoms with E-state index in [9.17, 15) is 9.18 Å². The molecule has 5 nitrogen and oxygen atoms in total. The van der Waals surface area contributed by atoms with Crippen LogP contribution in [0.15, 0.2) is 18.2 Å². The van der Waals surface area contributed by atoms with E-state index in [4.69, 9.17) is 9.47 Å². The highest BCUT2D eigenvalue weighted by Gasteiger charge is 2.30. The normalized spacial score (nSPS) is 18.0. The van der Waals surface area contributed by atoms with Crippen molar-refractivity contribution in [1.29, 1.82) is 0 Å². The molecule has 2 rings (SSSR count). The molecule has 1 aliphatic heterocycles. The van der Waals surface area contributed by atoms with Crippen LogP contribution in [0.5, 0.6) is 0 Å². The van der Waals surface area contributed by atoms with Crippen molar-refractivity contribution >= 4 is 6.03 Å². The minimum atomic E-state index is -0.612. The zero-order valence-electron chi connectivity index (χ0n) is 13.2. The Kier molecular flexibility index (Phi) is 5.37. The van der Waals surface area contributed by atoms with E-state index in [0.29, 0.717) is 31.7 Å². The maximum absolute atomic E-state index is 13.5. The molecule has 1 fully saturated rings. The van der Waals surface area contributed by atoms with Gasteiger partial charge in [0.1, 0.15) is 5.82 Å². The first-order valence-corrected chi connectivity index (χ1v) is 7.48. The van der Waals surface area contributed by atoms with Gasteiger partial charge in [0.2, 0.25) is 0 Å². The lowest BCUT2D eigenvalue weighted by Crippen LogP contribution is -2.40. The van der Waals surface area contributed by atoms with Crippen molar-refractivity contribution in [2.75, 3.05) is 19.8 Å². The van der Waals surface area contributed by atoms with Gasteiger partial charge in [-0.1, -0.05) is 12.1 Å². The zero-order chi connectivity index (χ0) is 16.2. The molecule has 0 radical (unpaired) electrons. The number of aryl methyl sites for hydroxylation is 1. The zero-order valence-corrected chi connectivity index (χ0v) is 13.2. The van der Waals surface area contributed by atoms with Crippen LogP contribution < -0.4 is 10.6 Å². The van der Waals surface area contributed by atoms with Gasteiger partial charge in [0.05, 0.1) is 19.3 Å². The molecule has 0 unspecified atom stereocenters. The molecule has 1 saturated heterocycles. The molecular formula is C16H23FN2O3. The molecular weight excluding hydrogens is 287 g/mol. The van der Waals surface area contributed by atoms with Crippen LogP contribution in [-0.4, -0.2) is 31.6 Å². The Labute approximate surface area is 130 Å². The molecule has 0 aromatic heterocycles. The fourth-order valence-electron chi connectivity index (χ4n) is 2.31. The van der Waals surface area contributed by atoms with Crippen molar-refractivity contribution in [3.63, 3.8) is 0 Å². The number of hydrogen-bond acceptors (Lipinski definition) is 3. The van der Waals surface area contributed by atoms with Crippen LogP contribution in [0.4, 0.5) is 9.18 Å². The second-order valence-electron chi connectivity index (χ2n) is 5.71. The fourth-order valence-corrected chi connectivity index (χ4v) is 2.31. The number of rotatable bonds is 5. The van der Waals surface area contributed by atoms with E-state index in [1.807, 2.05) is 19.9 Å². The summed E-state index contributed by atoms with van der Waals surface area (Å²) in [7, 11) is 0. The first-order valence-electron chi connectivity index (χ1n) is 7.48. The molecule has 2 amide bonds. The van der Waals surface area contributed by atoms with Crippen LogP contribution in [0.25, 0.3) is 0 Å². The Hall–Kier alpha value is -1.66. The van der Waals surface area contributed by atoms with E-state index in [1.165, 1.54) is 6.07 Å². The van der Waals surface area contributed by atoms with E-state index in [-0.39, 0.29) is 17.9 Å². The van der Waals surface area contributed by atoms with E-state index in [1.54, 1.807) is 13.0 Å². The van der Waals surface area contributed by atoms with Gasteiger partial charge in [0.25, 0.3) is 0 Å². The lowest BCUT2D eigenvalue weighted by Gasteiger charge is -2.22. The lowest BCUT2D eigenvalue weighted by molar-refractivity contribution is -0.145. The van der Waals surface area contributed by atoms with E-state index in [0.717, 1.165) is 5.56 Å². The highest BCUT2D eigenvalue weighted by atomic mass is 19.1. The summed E-state index contributed by atoms with van der Waals surface area (Å²) < 4.78 is 24.5. The number of urea groups is 1. The van der Waals surface area contributed by atoms with Gasteiger partial charge < -0.3 is 20.1 Å². The Morgan fingerprint density at radius 3 is 2.73 bits per heavy atom. The maximum atomic E-state index is 13.5. The highest BCUT2D eigenvalue weighted by Crippen LogP contribution is 2.21. The third kappa shape index (κ3) is 4.42. The summed E-state index contributed by atoms with van der Waals surface area (Å²) in [5.41, 5.74) is 1.32. The molecule has 1 atom stereocenters. The number of nitrogens with one attached hydrogen (secondary N) is 2. The second-order valence-corrected chi connectivity index (χ2v) is 5.71. The van der Waals surface area contributed by atoms with Crippen molar-refractivity contribution in [2.24, 2.45) is 0 Å². The SMILES string of the molecule is Cc1ccc([C@@H](C)NC(=O)NCCC2(C)OCCO2)cc1F. The van der Waals surface area contributed by atoms with E-state index in [2.05, 4.69) is 10.6 Å². The van der Waals surface area contributed by atoms with Crippen LogP contribution in [-0.2, 0) is 9.47 Å². The first-order chi connectivity index (χ1) is 10.4. The number of halogens is 1. The Balaban J connectivity index is 1.77. The average molecular weight is 310 g/mol. The van der Waals surface area contributed by atoms with Crippen LogP contribution in [0, 0.1) is 12.7 Å². The predicted octanol–water partition coefficient (Wildman–Crippen LogP) is 2.65. The monoisotopic (exact) mass is 310 g/mol. The first kappa shape index (κ1) is 16.7. The van der Waals surface area contributed by atoms with E-state index < -0.39 is 5.79 Å². The topological polar surface area (TPSA) is 59.6 Å². The van der Waals surface area contributed by atoms with Crippen molar-refractivity contribution in [1.82, 2.24) is 10.6 Å². The molecule has 6 heteroatoms. The molecule has 2 N–H and O–H groups in total. The predicted molar refractivity (Wildman–Crippen MR) is 81.0 cm³/mol. The van der Waals surface area contributed by atoms with Gasteiger partial charge in [-0.15, -0.1) is 0 Å². The Morgan fingerprint density at radius 2 is 2.09 bits per heavy atom. The van der Waals surface area contributed by atoms with Crippen LogP contribution in [0.1, 0.15) is 37.4 Å². The summed E-state index contributed by atoms with van der Waals surface area (Å²) in [5, 5.41) is 5.54. The summed E-state index contributed by atoms with van der Waals surface area (Å²) in [6.07, 6.45) is 0.577. The van der Waals surface area contributed by atoms with Gasteiger partial charge in [-0.05, 0) is 38.0 Å². The molecule has 22 heavy (non-hydrogen) atoms. The molecule has 0 saturated carbocycles. The van der Waals surface area contributed by atoms with Gasteiger partial charge >= 0.3 is 6.03 Å². The van der Waals surface area contributed by atoms with Crippen LogP contribution in [0.2, 0.25) is 0 Å². The molecule has 1 aliphatic rings. The molecule has 1 heterocycles. The van der Waals surface area contributed by atoms with Crippen molar-refractivity contribution in [3.05, 3.63) is 35.1 Å². The molecule has 0 spiro atoms. The molecule has 1 aromatic carbocycles. The van der Waals surface area contributed by atoms with Crippen molar-refractivity contribution in [3.8, 4) is 0 Å². The number of amides is 2. The van der Waals surface area contributed by atoms with Gasteiger partial charge in [-0.25, -0.2) is 9.18 Å². The minimum absolute atomic E-state index is 0.269. The summed E-state index contributed by atoms with van der Waals surface area (Å²) in [5.74, 6) is -0.881. The van der Waals surface area contributed by atoms with Crippen LogP contribution >= 0.6 is 0 Å². The van der Waals surface area contributed by atoms with Crippen molar-refractivity contribution in [2.45, 2.75) is 39.0 Å². The van der Waals surface area contributed by atoms with Gasteiger partial charge in [0, 0.05) is 13.0 Å². The largest absolute Gasteiger partial charge is 0.348 e. The summed E-state index contributed by atoms with van der Waals surface area (Å²) >= 11 is 0. The van der Waals surface area contributed by atoms with Crippen LogP contribution in [0.3, 0.4) is 0 Å². The fraction of sp³-hybridized carbons (Fsp3) is 0.562. The quantitative estimate of drug-likeness (QED) is 0.879. The number of hydrogen-bond donors (Lipinski definition) is 2. The van der Waals surface area contributed by atoms with Gasteiger partial charge in [0.15, 0.2) is 5.79 Å². The highest BCUT2D eigenvalue weighted by molar-refractivity contribution is 5.74. The average Bonchev–Trinajstić information content (AvgIpc) is 2.88. The molecule has 122 valence electrons. The number of carbonyl (C=O) groups excluding carboxylic acids is 1. The molecule has 1 aromatic rings. The summed E-state index contributed by atoms with van der Waals surface area (Å²) in [4.78, 5) is 11.9. The molecule has 0 bridgehead atoms. The smallest absolute Gasteiger partial charge is 0.315 e. The number of ether oxygens (including phenoxy) is 2. The van der Waals surface area contributed by atoms with Crippen molar-refractivity contribution < 1.29 is 18.7 Å². The summed E-state index contributed by atoms with van der Waals surface area (Å²) in [6.45, 7) is 6.98. The maximum Gasteiger partial charge on any atom is 0.315 e. The van der Waals surface area contributed by atoms with E-state index >= 15 is 0 Å². The summed E-state index contributed by atoms with van der Waals surface area (Å²) in [6, 6.07) is 4.39. The number of benzene rings is 1. The molecule has 0 aliphatic carbocycles. The minimum Gasteiger partial charge on any atom is -0.348 e. The van der Waals surface area contributed by atoms with Gasteiger partial charge in [-0.3, -0.25) is 0 Å². The third-order valence-corrected chi connectivity index (χ3v) is 3.81. The Morgan fingerprint density at radius 1 is 1.41 bits per heavy atom. The standard InChI is InChI=1S/C16H23FN2O3/c1-11-4-5-13(10-14(11)17)12(2)19-15(20)18-7-6-16(3)21-8-9-22-16/h4-5,10,12H,6-9H2,1-3H3,(H2,18,19,20)/t12-/m1/s1. The lowest BCUT2D eigenvalue weighted by atomic mass is 10.1. The Bertz CT molecular complexity index is 530. The second kappa shape index (κ2) is 7.07.